The van der Waals surface area contributed by atoms with Gasteiger partial charge in [0.15, 0.2) is 0 Å². The van der Waals surface area contributed by atoms with E-state index in [1.165, 1.54) is 15.6 Å². The molecule has 0 aliphatic rings. The lowest BCUT2D eigenvalue weighted by Crippen LogP contribution is -2.18. The van der Waals surface area contributed by atoms with Crippen LogP contribution in [-0.4, -0.2) is 0 Å². The molecule has 2 rings (SSSR count). The van der Waals surface area contributed by atoms with Crippen molar-refractivity contribution >= 4 is 27.3 Å². The Bertz CT molecular complexity index is 439. The van der Waals surface area contributed by atoms with Gasteiger partial charge in [0.25, 0.3) is 0 Å². The average Bonchev–Trinajstić information content (AvgIpc) is 2.79. The SMILES string of the molecule is CC(NCc1ccsc1)c1ccccc1Br. The molecule has 16 heavy (non-hydrogen) atoms. The van der Waals surface area contributed by atoms with E-state index in [0.29, 0.717) is 6.04 Å². The van der Waals surface area contributed by atoms with Crippen LogP contribution in [0.5, 0.6) is 0 Å². The molecule has 0 fully saturated rings. The van der Waals surface area contributed by atoms with E-state index < -0.39 is 0 Å². The van der Waals surface area contributed by atoms with Crippen molar-refractivity contribution in [2.24, 2.45) is 0 Å². The van der Waals surface area contributed by atoms with Crippen molar-refractivity contribution in [2.75, 3.05) is 0 Å². The largest absolute Gasteiger partial charge is 0.306 e. The molecule has 1 N–H and O–H groups in total. The van der Waals surface area contributed by atoms with Gasteiger partial charge in [0.2, 0.25) is 0 Å². The second-order valence-corrected chi connectivity index (χ2v) is 5.39. The fourth-order valence-electron chi connectivity index (χ4n) is 1.60. The van der Waals surface area contributed by atoms with E-state index in [1.807, 2.05) is 6.07 Å². The van der Waals surface area contributed by atoms with Gasteiger partial charge in [0, 0.05) is 17.1 Å². The van der Waals surface area contributed by atoms with Gasteiger partial charge in [0.05, 0.1) is 0 Å². The molecule has 84 valence electrons. The van der Waals surface area contributed by atoms with Gasteiger partial charge in [-0.05, 0) is 40.9 Å². The molecule has 1 heterocycles. The van der Waals surface area contributed by atoms with Crippen molar-refractivity contribution in [3.63, 3.8) is 0 Å². The summed E-state index contributed by atoms with van der Waals surface area (Å²) in [5.74, 6) is 0. The van der Waals surface area contributed by atoms with Gasteiger partial charge in [-0.2, -0.15) is 11.3 Å². The zero-order chi connectivity index (χ0) is 11.4. The van der Waals surface area contributed by atoms with Gasteiger partial charge in [-0.25, -0.2) is 0 Å². The number of nitrogens with one attached hydrogen (secondary N) is 1. The highest BCUT2D eigenvalue weighted by molar-refractivity contribution is 9.10. The fourth-order valence-corrected chi connectivity index (χ4v) is 2.90. The molecule has 0 saturated carbocycles. The third-order valence-electron chi connectivity index (χ3n) is 2.56. The Morgan fingerprint density at radius 2 is 2.12 bits per heavy atom. The summed E-state index contributed by atoms with van der Waals surface area (Å²) in [6.45, 7) is 3.11. The minimum absolute atomic E-state index is 0.357. The molecule has 1 nitrogen and oxygen atoms in total. The maximum atomic E-state index is 3.58. The smallest absolute Gasteiger partial charge is 0.0306 e. The summed E-state index contributed by atoms with van der Waals surface area (Å²) in [7, 11) is 0. The first-order valence-corrected chi connectivity index (χ1v) is 7.00. The highest BCUT2D eigenvalue weighted by atomic mass is 79.9. The summed E-state index contributed by atoms with van der Waals surface area (Å²) in [5.41, 5.74) is 2.65. The summed E-state index contributed by atoms with van der Waals surface area (Å²) >= 11 is 5.32. The molecule has 1 aromatic carbocycles. The van der Waals surface area contributed by atoms with E-state index in [4.69, 9.17) is 0 Å². The molecular weight excluding hydrogens is 282 g/mol. The summed E-state index contributed by atoms with van der Waals surface area (Å²) in [6, 6.07) is 10.9. The molecule has 0 saturated heterocycles. The first kappa shape index (κ1) is 11.8. The Hall–Kier alpha value is -0.640. The Morgan fingerprint density at radius 1 is 1.31 bits per heavy atom. The first-order valence-electron chi connectivity index (χ1n) is 5.26. The number of thiophene rings is 1. The molecule has 2 aromatic rings. The number of hydrogen-bond acceptors (Lipinski definition) is 2. The highest BCUT2D eigenvalue weighted by Gasteiger charge is 2.07. The fraction of sp³-hybridized carbons (Fsp3) is 0.231. The normalized spacial score (nSPS) is 12.6. The number of hydrogen-bond donors (Lipinski definition) is 1. The van der Waals surface area contributed by atoms with Crippen molar-refractivity contribution in [3.05, 3.63) is 56.7 Å². The summed E-state index contributed by atoms with van der Waals surface area (Å²) in [6.07, 6.45) is 0. The molecule has 1 atom stereocenters. The predicted molar refractivity (Wildman–Crippen MR) is 73.7 cm³/mol. The van der Waals surface area contributed by atoms with E-state index in [-0.39, 0.29) is 0 Å². The van der Waals surface area contributed by atoms with Gasteiger partial charge in [-0.15, -0.1) is 0 Å². The lowest BCUT2D eigenvalue weighted by Gasteiger charge is -2.15. The van der Waals surface area contributed by atoms with Crippen LogP contribution in [0.15, 0.2) is 45.6 Å². The van der Waals surface area contributed by atoms with E-state index in [1.54, 1.807) is 11.3 Å². The van der Waals surface area contributed by atoms with Gasteiger partial charge in [0.1, 0.15) is 0 Å². The van der Waals surface area contributed by atoms with Crippen molar-refractivity contribution in [2.45, 2.75) is 19.5 Å². The number of benzene rings is 1. The zero-order valence-corrected chi connectivity index (χ0v) is 11.5. The Labute approximate surface area is 109 Å². The summed E-state index contributed by atoms with van der Waals surface area (Å²) in [4.78, 5) is 0. The molecule has 1 aromatic heterocycles. The Balaban J connectivity index is 1.98. The van der Waals surface area contributed by atoms with Crippen LogP contribution in [0, 0.1) is 0 Å². The maximum absolute atomic E-state index is 3.58. The van der Waals surface area contributed by atoms with Crippen molar-refractivity contribution in [1.29, 1.82) is 0 Å². The molecule has 0 radical (unpaired) electrons. The van der Waals surface area contributed by atoms with Crippen molar-refractivity contribution in [1.82, 2.24) is 5.32 Å². The molecule has 0 aliphatic heterocycles. The average molecular weight is 296 g/mol. The van der Waals surface area contributed by atoms with Crippen LogP contribution in [0.25, 0.3) is 0 Å². The zero-order valence-electron chi connectivity index (χ0n) is 9.11. The van der Waals surface area contributed by atoms with E-state index in [0.717, 1.165) is 6.54 Å². The molecule has 0 bridgehead atoms. The van der Waals surface area contributed by atoms with Crippen LogP contribution in [0.2, 0.25) is 0 Å². The van der Waals surface area contributed by atoms with Crippen LogP contribution < -0.4 is 5.32 Å². The minimum atomic E-state index is 0.357. The highest BCUT2D eigenvalue weighted by Crippen LogP contribution is 2.23. The van der Waals surface area contributed by atoms with Crippen LogP contribution in [0.1, 0.15) is 24.1 Å². The monoisotopic (exact) mass is 295 g/mol. The van der Waals surface area contributed by atoms with Crippen LogP contribution in [0.3, 0.4) is 0 Å². The third-order valence-corrected chi connectivity index (χ3v) is 4.02. The maximum Gasteiger partial charge on any atom is 0.0306 e. The van der Waals surface area contributed by atoms with Crippen LogP contribution >= 0.6 is 27.3 Å². The summed E-state index contributed by atoms with van der Waals surface area (Å²) in [5, 5.41) is 7.81. The van der Waals surface area contributed by atoms with Gasteiger partial charge >= 0.3 is 0 Å². The lowest BCUT2D eigenvalue weighted by molar-refractivity contribution is 0.573. The lowest BCUT2D eigenvalue weighted by atomic mass is 10.1. The molecule has 1 unspecified atom stereocenters. The van der Waals surface area contributed by atoms with Crippen LogP contribution in [-0.2, 0) is 6.54 Å². The first-order chi connectivity index (χ1) is 7.77. The van der Waals surface area contributed by atoms with E-state index in [9.17, 15) is 0 Å². The van der Waals surface area contributed by atoms with Gasteiger partial charge < -0.3 is 5.32 Å². The second kappa shape index (κ2) is 5.62. The van der Waals surface area contributed by atoms with Gasteiger partial charge in [-0.3, -0.25) is 0 Å². The Kier molecular flexibility index (Phi) is 4.16. The quantitative estimate of drug-likeness (QED) is 0.884. The minimum Gasteiger partial charge on any atom is -0.306 e. The predicted octanol–water partition coefficient (Wildman–Crippen LogP) is 4.36. The molecule has 0 spiro atoms. The second-order valence-electron chi connectivity index (χ2n) is 3.76. The molecular formula is C13H14BrNS. The molecule has 0 aliphatic carbocycles. The number of rotatable bonds is 4. The topological polar surface area (TPSA) is 12.0 Å². The van der Waals surface area contributed by atoms with Gasteiger partial charge in [-0.1, -0.05) is 34.1 Å². The summed E-state index contributed by atoms with van der Waals surface area (Å²) < 4.78 is 1.17. The van der Waals surface area contributed by atoms with E-state index >= 15 is 0 Å². The molecule has 3 heteroatoms. The third kappa shape index (κ3) is 2.94. The molecule has 0 amide bonds. The van der Waals surface area contributed by atoms with Crippen LogP contribution in [0.4, 0.5) is 0 Å². The van der Waals surface area contributed by atoms with E-state index in [2.05, 4.69) is 63.2 Å². The van der Waals surface area contributed by atoms with Crippen molar-refractivity contribution < 1.29 is 0 Å². The standard InChI is InChI=1S/C13H14BrNS/c1-10(12-4-2-3-5-13(12)14)15-8-11-6-7-16-9-11/h2-7,9-10,15H,8H2,1H3. The Morgan fingerprint density at radius 3 is 2.81 bits per heavy atom. The van der Waals surface area contributed by atoms with Crippen molar-refractivity contribution in [3.8, 4) is 0 Å². The number of halogens is 1.